The fraction of sp³-hybridized carbons (Fsp3) is 0.00752. The van der Waals surface area contributed by atoms with Crippen molar-refractivity contribution in [2.75, 3.05) is 0 Å². The molecule has 0 radical (unpaired) electrons. The van der Waals surface area contributed by atoms with Crippen LogP contribution < -0.4 is 0 Å². The van der Waals surface area contributed by atoms with E-state index in [1.807, 2.05) is 6.07 Å². The third-order valence-electron chi connectivity index (χ3n) is 27.8. The molecule has 0 N–H and O–H groups in total. The molecule has 136 heavy (non-hydrogen) atoms. The van der Waals surface area contributed by atoms with Gasteiger partial charge >= 0.3 is 0 Å². The van der Waals surface area contributed by atoms with E-state index in [4.69, 9.17) is 20.6 Å². The van der Waals surface area contributed by atoms with Crippen LogP contribution in [0.5, 0.6) is 0 Å². The maximum absolute atomic E-state index is 6.87. The number of para-hydroxylation sites is 4. The SMILES string of the molecule is [2H]C.[2H][2H].[2H][2H].c1ccc(-c2c3ccccc3c(-c3ccc(-c4cccc5c4oc4c(-c6ccccc6)cccc45)cc3)c3ccccc23)cc1.c1ccc(-c2c3ccccc3c(-c3cccc4c3oc3cc(-c5ccc6ccc7ccccc7c6c5)ccc34)c3ccccc23)cc1.c1ccc(-c2ccc3c(c2)oc2c(-c4c5ccccc5c(-c5cccc6ccccc56)c5ccccc45)cccc23)cc1. The van der Waals surface area contributed by atoms with Gasteiger partial charge in [0.2, 0.25) is 0 Å². The van der Waals surface area contributed by atoms with Crippen LogP contribution in [0.3, 0.4) is 0 Å². The highest BCUT2D eigenvalue weighted by Crippen LogP contribution is 2.53. The molecule has 28 aromatic rings. The molecule has 0 unspecified atom stereocenters. The molecule has 0 saturated carbocycles. The van der Waals surface area contributed by atoms with E-state index in [1.165, 1.54) is 171 Å². The molecule has 0 aliphatic heterocycles. The molecule has 0 saturated heterocycles. The predicted octanol–water partition coefficient (Wildman–Crippen LogP) is 38.9. The summed E-state index contributed by atoms with van der Waals surface area (Å²) in [5.74, 6) is 0. The van der Waals surface area contributed by atoms with Crippen LogP contribution in [0, 0.1) is 0 Å². The molecule has 3 aromatic heterocycles. The molecular formula is C133H90O3. The molecule has 3 heterocycles. The van der Waals surface area contributed by atoms with Gasteiger partial charge in [-0.3, -0.25) is 0 Å². The van der Waals surface area contributed by atoms with Crippen LogP contribution in [0.25, 0.3) is 274 Å². The van der Waals surface area contributed by atoms with Crippen LogP contribution in [0.4, 0.5) is 0 Å². The Morgan fingerprint density at radius 1 is 0.140 bits per heavy atom. The van der Waals surface area contributed by atoms with Crippen LogP contribution in [-0.2, 0) is 0 Å². The zero-order valence-corrected chi connectivity index (χ0v) is 74.6. The van der Waals surface area contributed by atoms with Crippen molar-refractivity contribution in [2.24, 2.45) is 0 Å². The summed E-state index contributed by atoms with van der Waals surface area (Å²) in [6.45, 7) is 0. The summed E-state index contributed by atoms with van der Waals surface area (Å²) in [5.41, 5.74) is 29.4. The van der Waals surface area contributed by atoms with E-state index >= 15 is 0 Å². The Bertz CT molecular complexity index is 9450. The normalized spacial score (nSPS) is 11.8. The number of hydrogen-bond acceptors (Lipinski definition) is 3. The van der Waals surface area contributed by atoms with Gasteiger partial charge in [-0.15, -0.1) is 0 Å². The van der Waals surface area contributed by atoms with Crippen molar-refractivity contribution in [1.82, 2.24) is 0 Å². The van der Waals surface area contributed by atoms with Gasteiger partial charge in [0.05, 0.1) is 0 Å². The van der Waals surface area contributed by atoms with Crippen LogP contribution in [0.1, 0.15) is 14.7 Å². The lowest BCUT2D eigenvalue weighted by Crippen LogP contribution is -1.91. The van der Waals surface area contributed by atoms with E-state index in [9.17, 15) is 0 Å². The van der Waals surface area contributed by atoms with Crippen molar-refractivity contribution < 1.29 is 20.6 Å². The van der Waals surface area contributed by atoms with Gasteiger partial charge in [-0.1, -0.05) is 475 Å². The first-order chi connectivity index (χ1) is 70.0. The molecule has 3 nitrogen and oxygen atoms in total. The molecule has 0 aliphatic rings. The van der Waals surface area contributed by atoms with Crippen LogP contribution in [0.2, 0.25) is 0 Å². The van der Waals surface area contributed by atoms with E-state index in [2.05, 4.69) is 491 Å². The van der Waals surface area contributed by atoms with Crippen LogP contribution in [-0.4, -0.2) is 0 Å². The van der Waals surface area contributed by atoms with Crippen molar-refractivity contribution >= 4 is 163 Å². The maximum Gasteiger partial charge on any atom is 0.143 e. The van der Waals surface area contributed by atoms with Gasteiger partial charge < -0.3 is 13.3 Å². The molecule has 28 rings (SSSR count). The summed E-state index contributed by atoms with van der Waals surface area (Å²) in [7, 11) is 1.25. The smallest absolute Gasteiger partial charge is 0.143 e. The highest BCUT2D eigenvalue weighted by Gasteiger charge is 2.26. The van der Waals surface area contributed by atoms with E-state index in [0.717, 1.165) is 110 Å². The van der Waals surface area contributed by atoms with Crippen molar-refractivity contribution in [3.63, 3.8) is 0 Å². The zero-order chi connectivity index (χ0) is 95.0. The molecule has 25 aromatic carbocycles. The average Bonchev–Trinajstić information content (AvgIpc) is 1.70. The van der Waals surface area contributed by atoms with Gasteiger partial charge in [0.15, 0.2) is 0 Å². The molecule has 0 spiro atoms. The van der Waals surface area contributed by atoms with Gasteiger partial charge in [-0.2, -0.15) is 0 Å². The maximum atomic E-state index is 6.87. The van der Waals surface area contributed by atoms with Gasteiger partial charge in [0, 0.05) is 73.0 Å². The molecule has 0 amide bonds. The topological polar surface area (TPSA) is 39.4 Å². The summed E-state index contributed by atoms with van der Waals surface area (Å²) >= 11 is 0. The zero-order valence-electron chi connectivity index (χ0n) is 79.6. The molecule has 640 valence electrons. The van der Waals surface area contributed by atoms with Crippen molar-refractivity contribution in [1.29, 1.82) is 0 Å². The third kappa shape index (κ3) is 13.5. The van der Waals surface area contributed by atoms with E-state index < -0.39 is 0 Å². The van der Waals surface area contributed by atoms with Gasteiger partial charge in [-0.05, 0) is 205 Å². The summed E-state index contributed by atoms with van der Waals surface area (Å²) in [6.07, 6.45) is 0. The van der Waals surface area contributed by atoms with E-state index in [1.54, 1.807) is 0 Å². The number of fused-ring (bicyclic) bond motifs is 19. The standard InChI is InChI=1S/C46H28O.C44H28O.C42H26O.CH4.2H2/c1-2-12-31(13-3-1)44-36-15-6-8-17-38(36)45(39-18-9-7-16-37(39)44)41-20-10-19-40-35-26-25-33(28-43(35)47-46(40)41)32-24-23-30-22-21-29-11-4-5-14-34(29)42(30)27-32;1-3-13-29(14-4-1)33-21-11-23-39-40-24-12-22-34(44(40)45-43(33)39)30-25-27-32(28-26-30)42-37-19-9-7-17-35(37)41(31-15-5-2-6-16-31)36-18-8-10-20-38(36)42;1-2-12-27(13-3-1)29-24-25-31-37-22-11-23-38(42(37)43-39(31)26-29)41-35-19-8-6-17-33(35)40(34-18-7-9-20-36(34)41)32-21-10-15-28-14-4-5-16-30(28)32;;;/h1-28H;1-28H;1-26H;1H4;2*1H/i;;;1D;2*1+1D. The second-order valence-corrected chi connectivity index (χ2v) is 35.3. The highest BCUT2D eigenvalue weighted by molar-refractivity contribution is 6.29. The largest absolute Gasteiger partial charge is 0.455 e. The van der Waals surface area contributed by atoms with Gasteiger partial charge in [0.1, 0.15) is 33.5 Å². The monoisotopic (exact) mass is 1740 g/mol. The third-order valence-corrected chi connectivity index (χ3v) is 27.8. The lowest BCUT2D eigenvalue weighted by molar-refractivity contribution is 0.670. The Morgan fingerprint density at radius 2 is 0.375 bits per heavy atom. The first-order valence-corrected chi connectivity index (χ1v) is 46.4. The second kappa shape index (κ2) is 33.6. The van der Waals surface area contributed by atoms with Crippen LogP contribution in [0.15, 0.2) is 511 Å². The minimum atomic E-state index is 0.900. The fourth-order valence-corrected chi connectivity index (χ4v) is 21.7. The first kappa shape index (κ1) is 77.0. The van der Waals surface area contributed by atoms with Crippen molar-refractivity contribution in [2.45, 2.75) is 7.40 Å². The highest BCUT2D eigenvalue weighted by atomic mass is 16.3. The second-order valence-electron chi connectivity index (χ2n) is 35.3. The summed E-state index contributed by atoms with van der Waals surface area (Å²) < 4.78 is 46.1. The molecule has 3 heteroatoms. The van der Waals surface area contributed by atoms with Crippen molar-refractivity contribution in [3.8, 4) is 111 Å². The Balaban J connectivity index is 0.000000115. The number of hydrogen-bond donors (Lipinski definition) is 0. The number of rotatable bonds is 10. The van der Waals surface area contributed by atoms with Gasteiger partial charge in [0.25, 0.3) is 0 Å². The van der Waals surface area contributed by atoms with E-state index in [-0.39, 0.29) is 0 Å². The predicted molar refractivity (Wildman–Crippen MR) is 584 cm³/mol. The lowest BCUT2D eigenvalue weighted by atomic mass is 9.84. The quantitative estimate of drug-likeness (QED) is 0.101. The number of benzene rings is 25. The molecular weight excluding hydrogens is 1650 g/mol. The molecule has 0 atom stereocenters. The summed E-state index contributed by atoms with van der Waals surface area (Å²) in [4.78, 5) is 0. The van der Waals surface area contributed by atoms with E-state index in [0.29, 0.717) is 0 Å². The molecule has 0 fully saturated rings. The first-order valence-electron chi connectivity index (χ1n) is 49.4. The minimum Gasteiger partial charge on any atom is -0.455 e. The Kier molecular flexibility index (Phi) is 19.0. The lowest BCUT2D eigenvalue weighted by Gasteiger charge is -2.18. The Hall–Kier alpha value is -17.8. The summed E-state index contributed by atoms with van der Waals surface area (Å²) in [5, 5.41) is 29.3. The average molecular weight is 1740 g/mol. The molecule has 0 bridgehead atoms. The van der Waals surface area contributed by atoms with Gasteiger partial charge in [-0.25, -0.2) is 0 Å². The number of furan rings is 3. The fourth-order valence-electron chi connectivity index (χ4n) is 21.7. The summed E-state index contributed by atoms with van der Waals surface area (Å²) in [6, 6.07) is 179. The Labute approximate surface area is 794 Å². The van der Waals surface area contributed by atoms with Crippen molar-refractivity contribution in [3.05, 3.63) is 497 Å². The Morgan fingerprint density at radius 3 is 0.794 bits per heavy atom. The minimum absolute atomic E-state index is 0.900. The van der Waals surface area contributed by atoms with Crippen LogP contribution >= 0.6 is 0 Å². The molecule has 0 aliphatic carbocycles.